The van der Waals surface area contributed by atoms with Gasteiger partial charge in [0.05, 0.1) is 43.5 Å². The van der Waals surface area contributed by atoms with Gasteiger partial charge in [0.15, 0.2) is 0 Å². The van der Waals surface area contributed by atoms with E-state index in [4.69, 9.17) is 0 Å². The molecule has 0 saturated heterocycles. The maximum Gasteiger partial charge on any atom is 0.421 e. The van der Waals surface area contributed by atoms with Crippen molar-refractivity contribution in [1.29, 1.82) is 0 Å². The molecule has 0 heterocycles. The second kappa shape index (κ2) is 11.0. The Hall–Kier alpha value is -0.690. The third-order valence-corrected chi connectivity index (χ3v) is 8.28. The molecule has 0 radical (unpaired) electrons. The van der Waals surface area contributed by atoms with Crippen LogP contribution in [0.3, 0.4) is 0 Å². The maximum atomic E-state index is 13.7. The maximum absolute atomic E-state index is 13.7. The first-order valence-electron chi connectivity index (χ1n) is 8.60. The standard InChI is InChI=1S/C16H14F6I3N3O6S/c1-5(29)26-11-8(23)7(9(24)12(10(11)25)28(3)6(2)30)13(31)27-14(15(17,18)19,16(20,21)22)4-35(32,33)34/h4H2,1-3H3,(H,26,29)(H,27,31)(H,32,33,34)/p-1. The summed E-state index contributed by atoms with van der Waals surface area (Å²) in [5.74, 6) is -6.48. The molecule has 0 atom stereocenters. The summed E-state index contributed by atoms with van der Waals surface area (Å²) in [6.45, 7) is 2.12. The zero-order valence-corrected chi connectivity index (χ0v) is 24.7. The minimum absolute atomic E-state index is 0.126. The van der Waals surface area contributed by atoms with Gasteiger partial charge < -0.3 is 20.1 Å². The van der Waals surface area contributed by atoms with Crippen LogP contribution < -0.4 is 15.5 Å². The quantitative estimate of drug-likeness (QED) is 0.255. The monoisotopic (exact) mass is 870 g/mol. The zero-order valence-electron chi connectivity index (χ0n) is 17.4. The SMILES string of the molecule is CC(=O)Nc1c(I)c(C(=O)NC(CS(=O)(=O)[O-])(C(F)(F)F)C(F)(F)F)c(I)c(N(C)C(C)=O)c1I. The number of carbonyl (C=O) groups is 3. The smallest absolute Gasteiger partial charge is 0.421 e. The fourth-order valence-electron chi connectivity index (χ4n) is 2.61. The van der Waals surface area contributed by atoms with Gasteiger partial charge in [-0.25, -0.2) is 8.42 Å². The highest BCUT2D eigenvalue weighted by atomic mass is 127. The van der Waals surface area contributed by atoms with Gasteiger partial charge in [0.1, 0.15) is 0 Å². The second-order valence-corrected chi connectivity index (χ2v) is 11.5. The first kappa shape index (κ1) is 32.3. The first-order chi connectivity index (χ1) is 15.5. The Bertz CT molecular complexity index is 1160. The molecule has 0 aliphatic carbocycles. The molecular weight excluding hydrogens is 857 g/mol. The van der Waals surface area contributed by atoms with Gasteiger partial charge in [0.25, 0.3) is 5.91 Å². The van der Waals surface area contributed by atoms with Crippen LogP contribution in [-0.2, 0) is 19.7 Å². The number of hydrogen-bond donors (Lipinski definition) is 2. The van der Waals surface area contributed by atoms with Crippen molar-refractivity contribution in [1.82, 2.24) is 5.32 Å². The molecule has 1 aromatic rings. The Morgan fingerprint density at radius 2 is 1.40 bits per heavy atom. The van der Waals surface area contributed by atoms with E-state index < -0.39 is 57.0 Å². The van der Waals surface area contributed by atoms with E-state index in [0.717, 1.165) is 18.7 Å². The molecule has 0 bridgehead atoms. The molecule has 2 N–H and O–H groups in total. The predicted octanol–water partition coefficient (Wildman–Crippen LogP) is 3.58. The number of carbonyl (C=O) groups excluding carboxylic acids is 3. The summed E-state index contributed by atoms with van der Waals surface area (Å²) in [6, 6.07) is 0. The van der Waals surface area contributed by atoms with Crippen molar-refractivity contribution >= 4 is 107 Å². The highest BCUT2D eigenvalue weighted by Crippen LogP contribution is 2.45. The van der Waals surface area contributed by atoms with E-state index in [1.54, 1.807) is 22.6 Å². The van der Waals surface area contributed by atoms with Crippen LogP contribution in [0.5, 0.6) is 0 Å². The molecule has 0 unspecified atom stereocenters. The molecule has 0 spiro atoms. The average Bonchev–Trinajstić information content (AvgIpc) is 2.61. The van der Waals surface area contributed by atoms with E-state index in [9.17, 15) is 53.7 Å². The van der Waals surface area contributed by atoms with Gasteiger partial charge in [0, 0.05) is 20.9 Å². The Morgan fingerprint density at radius 3 is 1.74 bits per heavy atom. The molecule has 0 fully saturated rings. The molecule has 198 valence electrons. The molecule has 0 aliphatic rings. The van der Waals surface area contributed by atoms with E-state index in [2.05, 4.69) is 5.32 Å². The number of nitrogens with zero attached hydrogens (tertiary/aromatic N) is 1. The highest BCUT2D eigenvalue weighted by molar-refractivity contribution is 14.1. The fraction of sp³-hybridized carbons (Fsp3) is 0.438. The molecular formula is C16H13F6I3N3O6S-. The lowest BCUT2D eigenvalue weighted by molar-refractivity contribution is -0.296. The molecule has 3 amide bonds. The van der Waals surface area contributed by atoms with Crippen LogP contribution in [0.1, 0.15) is 24.2 Å². The van der Waals surface area contributed by atoms with Crippen molar-refractivity contribution in [3.8, 4) is 0 Å². The van der Waals surface area contributed by atoms with Crippen LogP contribution in [0, 0.1) is 10.7 Å². The fourth-order valence-corrected chi connectivity index (χ4v) is 8.19. The van der Waals surface area contributed by atoms with Crippen LogP contribution in [0.2, 0.25) is 0 Å². The normalized spacial score (nSPS) is 12.8. The Morgan fingerprint density at radius 1 is 0.943 bits per heavy atom. The third kappa shape index (κ3) is 7.00. The van der Waals surface area contributed by atoms with Gasteiger partial charge in [-0.05, 0) is 67.8 Å². The van der Waals surface area contributed by atoms with E-state index in [-0.39, 0.29) is 22.1 Å². The number of alkyl halides is 6. The van der Waals surface area contributed by atoms with Gasteiger partial charge in [-0.15, -0.1) is 0 Å². The Balaban J connectivity index is 4.03. The van der Waals surface area contributed by atoms with Gasteiger partial charge in [-0.3, -0.25) is 14.4 Å². The highest BCUT2D eigenvalue weighted by Gasteiger charge is 2.72. The van der Waals surface area contributed by atoms with Crippen LogP contribution in [0.15, 0.2) is 0 Å². The second-order valence-electron chi connectivity index (χ2n) is 6.86. The number of anilines is 2. The lowest BCUT2D eigenvalue weighted by atomic mass is 9.99. The molecule has 9 nitrogen and oxygen atoms in total. The third-order valence-electron chi connectivity index (χ3n) is 4.32. The molecule has 0 aromatic heterocycles. The van der Waals surface area contributed by atoms with Crippen molar-refractivity contribution in [2.45, 2.75) is 31.7 Å². The average molecular weight is 870 g/mol. The number of amides is 3. The summed E-state index contributed by atoms with van der Waals surface area (Å²) in [5, 5.41) is 2.96. The van der Waals surface area contributed by atoms with Crippen molar-refractivity contribution < 1.29 is 53.7 Å². The number of halogens is 9. The van der Waals surface area contributed by atoms with E-state index in [1.807, 2.05) is 0 Å². The number of rotatable bonds is 6. The summed E-state index contributed by atoms with van der Waals surface area (Å²) >= 11 is 4.45. The van der Waals surface area contributed by atoms with E-state index in [1.165, 1.54) is 52.2 Å². The van der Waals surface area contributed by atoms with Crippen LogP contribution >= 0.6 is 67.8 Å². The summed E-state index contributed by atoms with van der Waals surface area (Å²) in [7, 11) is -4.98. The van der Waals surface area contributed by atoms with Crippen LogP contribution in [0.25, 0.3) is 0 Å². The zero-order chi connectivity index (χ0) is 27.9. The van der Waals surface area contributed by atoms with E-state index in [0.29, 0.717) is 5.32 Å². The number of nitrogens with one attached hydrogen (secondary N) is 2. The van der Waals surface area contributed by atoms with Gasteiger partial charge in [-0.2, -0.15) is 26.3 Å². The van der Waals surface area contributed by atoms with Gasteiger partial charge in [0.2, 0.25) is 17.4 Å². The van der Waals surface area contributed by atoms with Crippen LogP contribution in [-0.4, -0.2) is 61.4 Å². The number of benzene rings is 1. The molecule has 0 saturated carbocycles. The van der Waals surface area contributed by atoms with Crippen molar-refractivity contribution in [3.63, 3.8) is 0 Å². The molecule has 19 heteroatoms. The summed E-state index contributed by atoms with van der Waals surface area (Å²) in [6.07, 6.45) is -12.9. The largest absolute Gasteiger partial charge is 0.748 e. The predicted molar refractivity (Wildman–Crippen MR) is 135 cm³/mol. The summed E-state index contributed by atoms with van der Waals surface area (Å²) in [4.78, 5) is 37.4. The lowest BCUT2D eigenvalue weighted by Crippen LogP contribution is -2.70. The Kier molecular flexibility index (Phi) is 10.1. The minimum Gasteiger partial charge on any atom is -0.748 e. The lowest BCUT2D eigenvalue weighted by Gasteiger charge is -2.38. The van der Waals surface area contributed by atoms with E-state index >= 15 is 0 Å². The van der Waals surface area contributed by atoms with Crippen molar-refractivity contribution in [3.05, 3.63) is 16.3 Å². The van der Waals surface area contributed by atoms with Crippen molar-refractivity contribution in [2.24, 2.45) is 0 Å². The Labute approximate surface area is 235 Å². The van der Waals surface area contributed by atoms with Gasteiger partial charge in [-0.1, -0.05) is 0 Å². The minimum atomic E-state index is -6.46. The van der Waals surface area contributed by atoms with Crippen LogP contribution in [0.4, 0.5) is 37.7 Å². The first-order valence-corrected chi connectivity index (χ1v) is 13.4. The number of hydrogen-bond acceptors (Lipinski definition) is 6. The van der Waals surface area contributed by atoms with Gasteiger partial charge >= 0.3 is 12.4 Å². The topological polar surface area (TPSA) is 136 Å². The molecule has 35 heavy (non-hydrogen) atoms. The summed E-state index contributed by atoms with van der Waals surface area (Å²) < 4.78 is 115. The molecule has 1 rings (SSSR count). The van der Waals surface area contributed by atoms with Crippen molar-refractivity contribution in [2.75, 3.05) is 23.0 Å². The molecule has 0 aliphatic heterocycles. The summed E-state index contributed by atoms with van der Waals surface area (Å²) in [5.41, 5.74) is -6.62. The molecule has 1 aromatic carbocycles.